The fraction of sp³-hybridized carbons (Fsp3) is 0.167. The topological polar surface area (TPSA) is 52.5 Å². The third-order valence-electron chi connectivity index (χ3n) is 2.33. The third-order valence-corrected chi connectivity index (χ3v) is 2.82. The number of aryl methyl sites for hydroxylation is 1. The maximum Gasteiger partial charge on any atom is 0.137 e. The average Bonchev–Trinajstić information content (AvgIpc) is 2.61. The van der Waals surface area contributed by atoms with E-state index in [2.05, 4.69) is 32.0 Å². The van der Waals surface area contributed by atoms with Crippen molar-refractivity contribution in [3.63, 3.8) is 0 Å². The van der Waals surface area contributed by atoms with E-state index < -0.39 is 0 Å². The van der Waals surface area contributed by atoms with Crippen molar-refractivity contribution < 1.29 is 0 Å². The highest BCUT2D eigenvalue weighted by molar-refractivity contribution is 9.10. The predicted octanol–water partition coefficient (Wildman–Crippen LogP) is 3.21. The van der Waals surface area contributed by atoms with Crippen molar-refractivity contribution in [3.8, 4) is 17.5 Å². The van der Waals surface area contributed by atoms with Gasteiger partial charge in [-0.1, -0.05) is 28.1 Å². The van der Waals surface area contributed by atoms with Gasteiger partial charge in [0.25, 0.3) is 0 Å². The number of imidazole rings is 1. The smallest absolute Gasteiger partial charge is 0.137 e. The van der Waals surface area contributed by atoms with Gasteiger partial charge in [0.1, 0.15) is 5.82 Å². The van der Waals surface area contributed by atoms with Gasteiger partial charge in [0, 0.05) is 15.7 Å². The van der Waals surface area contributed by atoms with Gasteiger partial charge < -0.3 is 4.98 Å². The fourth-order valence-corrected chi connectivity index (χ4v) is 1.92. The van der Waals surface area contributed by atoms with E-state index in [-0.39, 0.29) is 0 Å². The zero-order valence-electron chi connectivity index (χ0n) is 8.79. The number of nitrogens with one attached hydrogen (secondary N) is 1. The van der Waals surface area contributed by atoms with E-state index >= 15 is 0 Å². The molecule has 80 valence electrons. The highest BCUT2D eigenvalue weighted by Crippen LogP contribution is 2.21. The number of benzene rings is 1. The minimum Gasteiger partial charge on any atom is -0.342 e. The Morgan fingerprint density at radius 2 is 2.31 bits per heavy atom. The number of hydrogen-bond donors (Lipinski definition) is 1. The molecule has 3 nitrogen and oxygen atoms in total. The summed E-state index contributed by atoms with van der Waals surface area (Å²) in [5.41, 5.74) is 2.79. The van der Waals surface area contributed by atoms with E-state index in [1.54, 1.807) is 0 Å². The maximum atomic E-state index is 8.66. The second-order valence-electron chi connectivity index (χ2n) is 3.50. The summed E-state index contributed by atoms with van der Waals surface area (Å²) >= 11 is 3.42. The summed E-state index contributed by atoms with van der Waals surface area (Å²) in [6.45, 7) is 1.93. The molecule has 0 aliphatic rings. The molecule has 0 unspecified atom stereocenters. The van der Waals surface area contributed by atoms with Crippen LogP contribution in [0.1, 0.15) is 11.4 Å². The summed E-state index contributed by atoms with van der Waals surface area (Å²) in [6.07, 6.45) is 0.344. The van der Waals surface area contributed by atoms with Crippen LogP contribution in [0.2, 0.25) is 0 Å². The van der Waals surface area contributed by atoms with Crippen LogP contribution in [0.5, 0.6) is 0 Å². The van der Waals surface area contributed by atoms with Crippen molar-refractivity contribution in [2.45, 2.75) is 13.3 Å². The Balaban J connectivity index is 2.42. The number of H-pyrrole nitrogens is 1. The molecular weight excluding hydrogens is 266 g/mol. The first-order valence-electron chi connectivity index (χ1n) is 4.89. The zero-order valence-corrected chi connectivity index (χ0v) is 10.4. The lowest BCUT2D eigenvalue weighted by molar-refractivity contribution is 1.12. The highest BCUT2D eigenvalue weighted by Gasteiger charge is 2.07. The molecule has 0 aliphatic heterocycles. The Labute approximate surface area is 102 Å². The van der Waals surface area contributed by atoms with E-state index in [0.717, 1.165) is 27.2 Å². The third kappa shape index (κ3) is 2.15. The average molecular weight is 276 g/mol. The van der Waals surface area contributed by atoms with Gasteiger partial charge in [-0.15, -0.1) is 0 Å². The monoisotopic (exact) mass is 275 g/mol. The van der Waals surface area contributed by atoms with E-state index in [0.29, 0.717) is 6.42 Å². The summed E-state index contributed by atoms with van der Waals surface area (Å²) in [6, 6.07) is 10.0. The first kappa shape index (κ1) is 10.9. The minimum atomic E-state index is 0.344. The molecule has 0 saturated carbocycles. The van der Waals surface area contributed by atoms with Crippen molar-refractivity contribution >= 4 is 15.9 Å². The van der Waals surface area contributed by atoms with Crippen LogP contribution in [0.3, 0.4) is 0 Å². The first-order valence-corrected chi connectivity index (χ1v) is 5.68. The van der Waals surface area contributed by atoms with Crippen molar-refractivity contribution in [1.82, 2.24) is 9.97 Å². The molecule has 1 heterocycles. The van der Waals surface area contributed by atoms with E-state index in [9.17, 15) is 0 Å². The zero-order chi connectivity index (χ0) is 11.5. The molecule has 0 atom stereocenters. The Bertz CT molecular complexity index is 552. The minimum absolute atomic E-state index is 0.344. The van der Waals surface area contributed by atoms with Gasteiger partial charge in [-0.05, 0) is 19.1 Å². The molecule has 0 saturated heterocycles. The van der Waals surface area contributed by atoms with Crippen LogP contribution >= 0.6 is 15.9 Å². The van der Waals surface area contributed by atoms with Crippen LogP contribution in [0, 0.1) is 18.3 Å². The molecule has 1 N–H and O–H groups in total. The van der Waals surface area contributed by atoms with Crippen molar-refractivity contribution in [2.24, 2.45) is 0 Å². The number of nitriles is 1. The number of nitrogens with zero attached hydrogens (tertiary/aromatic N) is 2. The molecule has 2 aromatic rings. The lowest BCUT2D eigenvalue weighted by atomic mass is 10.2. The summed E-state index contributed by atoms with van der Waals surface area (Å²) in [5, 5.41) is 8.66. The molecule has 1 aromatic carbocycles. The van der Waals surface area contributed by atoms with Gasteiger partial charge in [0.2, 0.25) is 0 Å². The Morgan fingerprint density at radius 3 is 3.00 bits per heavy atom. The Kier molecular flexibility index (Phi) is 3.07. The summed E-state index contributed by atoms with van der Waals surface area (Å²) in [5.74, 6) is 0.809. The van der Waals surface area contributed by atoms with E-state index in [1.165, 1.54) is 0 Å². The molecule has 2 rings (SSSR count). The molecule has 0 fully saturated rings. The SMILES string of the molecule is Cc1[nH]c(-c2cccc(Br)c2)nc1CC#N. The van der Waals surface area contributed by atoms with Gasteiger partial charge in [-0.3, -0.25) is 0 Å². The highest BCUT2D eigenvalue weighted by atomic mass is 79.9. The lowest BCUT2D eigenvalue weighted by Crippen LogP contribution is -1.84. The van der Waals surface area contributed by atoms with Gasteiger partial charge in [-0.25, -0.2) is 4.98 Å². The molecule has 0 spiro atoms. The second-order valence-corrected chi connectivity index (χ2v) is 4.42. The van der Waals surface area contributed by atoms with Gasteiger partial charge in [0.05, 0.1) is 18.2 Å². The first-order chi connectivity index (χ1) is 7.70. The molecule has 1 aromatic heterocycles. The predicted molar refractivity (Wildman–Crippen MR) is 65.8 cm³/mol. The van der Waals surface area contributed by atoms with Crippen LogP contribution in [0.25, 0.3) is 11.4 Å². The molecular formula is C12H10BrN3. The molecule has 0 amide bonds. The summed E-state index contributed by atoms with van der Waals surface area (Å²) in [4.78, 5) is 7.60. The summed E-state index contributed by atoms with van der Waals surface area (Å²) in [7, 11) is 0. The van der Waals surface area contributed by atoms with Crippen LogP contribution < -0.4 is 0 Å². The number of aromatic amines is 1. The number of rotatable bonds is 2. The van der Waals surface area contributed by atoms with Crippen molar-refractivity contribution in [2.75, 3.05) is 0 Å². The molecule has 0 aliphatic carbocycles. The van der Waals surface area contributed by atoms with E-state index in [1.807, 2.05) is 31.2 Å². The fourth-order valence-electron chi connectivity index (χ4n) is 1.52. The van der Waals surface area contributed by atoms with E-state index in [4.69, 9.17) is 5.26 Å². The molecule has 16 heavy (non-hydrogen) atoms. The number of aromatic nitrogens is 2. The standard InChI is InChI=1S/C12H10BrN3/c1-8-11(5-6-14)16-12(15-8)9-3-2-4-10(13)7-9/h2-4,7H,5H2,1H3,(H,15,16). The van der Waals surface area contributed by atoms with Crippen LogP contribution in [0.15, 0.2) is 28.7 Å². The van der Waals surface area contributed by atoms with Crippen molar-refractivity contribution in [1.29, 1.82) is 5.26 Å². The largest absolute Gasteiger partial charge is 0.342 e. The van der Waals surface area contributed by atoms with Crippen LogP contribution in [0.4, 0.5) is 0 Å². The van der Waals surface area contributed by atoms with Crippen molar-refractivity contribution in [3.05, 3.63) is 40.1 Å². The molecule has 0 radical (unpaired) electrons. The van der Waals surface area contributed by atoms with Gasteiger partial charge in [0.15, 0.2) is 0 Å². The van der Waals surface area contributed by atoms with Crippen LogP contribution in [-0.2, 0) is 6.42 Å². The van der Waals surface area contributed by atoms with Gasteiger partial charge >= 0.3 is 0 Å². The normalized spacial score (nSPS) is 10.1. The molecule has 4 heteroatoms. The Morgan fingerprint density at radius 1 is 1.50 bits per heavy atom. The van der Waals surface area contributed by atoms with Crippen LogP contribution in [-0.4, -0.2) is 9.97 Å². The Hall–Kier alpha value is -1.60. The number of halogens is 1. The van der Waals surface area contributed by atoms with Gasteiger partial charge in [-0.2, -0.15) is 5.26 Å². The lowest BCUT2D eigenvalue weighted by Gasteiger charge is -1.96. The quantitative estimate of drug-likeness (QED) is 0.915. The maximum absolute atomic E-state index is 8.66. The molecule has 0 bridgehead atoms. The summed E-state index contributed by atoms with van der Waals surface area (Å²) < 4.78 is 1.01. The number of hydrogen-bond acceptors (Lipinski definition) is 2. The second kappa shape index (κ2) is 4.50.